The van der Waals surface area contributed by atoms with Gasteiger partial charge in [0, 0.05) is 11.1 Å². The average Bonchev–Trinajstić information content (AvgIpc) is 2.88. The smallest absolute Gasteiger partial charge is 0.417 e. The quantitative estimate of drug-likeness (QED) is 0.726. The molecule has 1 amide bonds. The minimum atomic E-state index is -0.506. The van der Waals surface area contributed by atoms with Crippen molar-refractivity contribution in [3.8, 4) is 5.75 Å². The van der Waals surface area contributed by atoms with Crippen LogP contribution < -0.4 is 10.1 Å². The predicted molar refractivity (Wildman–Crippen MR) is 86.5 cm³/mol. The maximum absolute atomic E-state index is 12.0. The van der Waals surface area contributed by atoms with E-state index in [1.165, 1.54) is 0 Å². The first-order chi connectivity index (χ1) is 10.5. The zero-order valence-electron chi connectivity index (χ0n) is 12.8. The van der Waals surface area contributed by atoms with Crippen molar-refractivity contribution in [2.45, 2.75) is 20.8 Å². The van der Waals surface area contributed by atoms with Gasteiger partial charge < -0.3 is 9.15 Å². The highest BCUT2D eigenvalue weighted by atomic mass is 16.6. The van der Waals surface area contributed by atoms with E-state index in [0.717, 1.165) is 33.5 Å². The van der Waals surface area contributed by atoms with Crippen molar-refractivity contribution < 1.29 is 13.9 Å². The second kappa shape index (κ2) is 5.56. The maximum Gasteiger partial charge on any atom is 0.417 e. The number of carbonyl (C=O) groups excluding carboxylic acids is 1. The number of aryl methyl sites for hydroxylation is 3. The third-order valence-electron chi connectivity index (χ3n) is 3.57. The van der Waals surface area contributed by atoms with E-state index in [2.05, 4.69) is 5.32 Å². The van der Waals surface area contributed by atoms with Crippen LogP contribution >= 0.6 is 0 Å². The summed E-state index contributed by atoms with van der Waals surface area (Å²) in [5.41, 5.74) is 3.52. The summed E-state index contributed by atoms with van der Waals surface area (Å²) < 4.78 is 10.9. The molecule has 0 unspecified atom stereocenters. The fourth-order valence-electron chi connectivity index (χ4n) is 2.48. The van der Waals surface area contributed by atoms with Crippen molar-refractivity contribution in [3.63, 3.8) is 0 Å². The third kappa shape index (κ3) is 2.68. The molecule has 1 heterocycles. The van der Waals surface area contributed by atoms with Crippen molar-refractivity contribution in [3.05, 3.63) is 59.4 Å². The molecule has 3 rings (SSSR count). The molecular weight excluding hydrogens is 278 g/mol. The summed E-state index contributed by atoms with van der Waals surface area (Å²) in [7, 11) is 0. The lowest BCUT2D eigenvalue weighted by molar-refractivity contribution is 0.215. The molecule has 0 saturated heterocycles. The summed E-state index contributed by atoms with van der Waals surface area (Å²) in [5.74, 6) is 1.36. The first-order valence-electron chi connectivity index (χ1n) is 7.09. The molecule has 4 heteroatoms. The number of amides is 1. The van der Waals surface area contributed by atoms with Gasteiger partial charge in [0.15, 0.2) is 0 Å². The van der Waals surface area contributed by atoms with E-state index < -0.39 is 6.09 Å². The van der Waals surface area contributed by atoms with Crippen molar-refractivity contribution in [1.29, 1.82) is 0 Å². The van der Waals surface area contributed by atoms with Crippen LogP contribution in [0.2, 0.25) is 0 Å². The molecule has 1 N–H and O–H groups in total. The van der Waals surface area contributed by atoms with E-state index in [-0.39, 0.29) is 0 Å². The first kappa shape index (κ1) is 14.2. The molecule has 0 saturated carbocycles. The van der Waals surface area contributed by atoms with Crippen molar-refractivity contribution in [2.24, 2.45) is 0 Å². The van der Waals surface area contributed by atoms with Crippen LogP contribution in [0.3, 0.4) is 0 Å². The Labute approximate surface area is 128 Å². The summed E-state index contributed by atoms with van der Waals surface area (Å²) in [6.45, 7) is 5.82. The Balaban J connectivity index is 1.87. The first-order valence-corrected chi connectivity index (χ1v) is 7.09. The van der Waals surface area contributed by atoms with Crippen molar-refractivity contribution in [1.82, 2.24) is 0 Å². The van der Waals surface area contributed by atoms with Crippen LogP contribution in [-0.2, 0) is 0 Å². The molecule has 4 nitrogen and oxygen atoms in total. The van der Waals surface area contributed by atoms with Gasteiger partial charge in [-0.3, -0.25) is 5.32 Å². The fourth-order valence-corrected chi connectivity index (χ4v) is 2.48. The van der Waals surface area contributed by atoms with Crippen LogP contribution in [0.25, 0.3) is 11.0 Å². The zero-order valence-corrected chi connectivity index (χ0v) is 12.8. The van der Waals surface area contributed by atoms with Gasteiger partial charge in [0.25, 0.3) is 0 Å². The van der Waals surface area contributed by atoms with Crippen LogP contribution in [0.15, 0.2) is 46.9 Å². The molecule has 0 atom stereocenters. The topological polar surface area (TPSA) is 51.5 Å². The van der Waals surface area contributed by atoms with E-state index in [4.69, 9.17) is 9.15 Å². The Kier molecular flexibility index (Phi) is 3.59. The Morgan fingerprint density at radius 1 is 1.09 bits per heavy atom. The summed E-state index contributed by atoms with van der Waals surface area (Å²) in [4.78, 5) is 12.0. The molecule has 0 bridgehead atoms. The predicted octanol–water partition coefficient (Wildman–Crippen LogP) is 4.97. The summed E-state index contributed by atoms with van der Waals surface area (Å²) in [6, 6.07) is 12.9. The monoisotopic (exact) mass is 295 g/mol. The van der Waals surface area contributed by atoms with E-state index in [1.807, 2.05) is 51.1 Å². The Bertz CT molecular complexity index is 834. The van der Waals surface area contributed by atoms with Gasteiger partial charge in [-0.15, -0.1) is 0 Å². The molecule has 0 fully saturated rings. The molecular formula is C18H17NO3. The molecule has 112 valence electrons. The van der Waals surface area contributed by atoms with Gasteiger partial charge in [0.2, 0.25) is 0 Å². The number of benzene rings is 2. The second-order valence-corrected chi connectivity index (χ2v) is 5.29. The lowest BCUT2D eigenvalue weighted by Gasteiger charge is -2.11. The number of ether oxygens (including phenoxy) is 1. The number of anilines is 1. The maximum atomic E-state index is 12.0. The van der Waals surface area contributed by atoms with Gasteiger partial charge in [0.1, 0.15) is 17.1 Å². The number of para-hydroxylation sites is 1. The van der Waals surface area contributed by atoms with E-state index in [1.54, 1.807) is 12.1 Å². The summed E-state index contributed by atoms with van der Waals surface area (Å²) >= 11 is 0. The molecule has 0 aliphatic rings. The molecule has 22 heavy (non-hydrogen) atoms. The van der Waals surface area contributed by atoms with Crippen LogP contribution in [-0.4, -0.2) is 6.09 Å². The number of hydrogen-bond donors (Lipinski definition) is 1. The molecule has 0 spiro atoms. The molecule has 0 aliphatic carbocycles. The number of fused-ring (bicyclic) bond motifs is 1. The summed E-state index contributed by atoms with van der Waals surface area (Å²) in [5, 5.41) is 3.81. The van der Waals surface area contributed by atoms with Crippen LogP contribution in [0.5, 0.6) is 5.75 Å². The normalized spacial score (nSPS) is 10.7. The minimum absolute atomic E-state index is 0.506. The highest BCUT2D eigenvalue weighted by Crippen LogP contribution is 2.31. The second-order valence-electron chi connectivity index (χ2n) is 5.29. The van der Waals surface area contributed by atoms with Gasteiger partial charge in [-0.25, -0.2) is 4.79 Å². The Morgan fingerprint density at radius 3 is 2.55 bits per heavy atom. The molecule has 0 aliphatic heterocycles. The number of rotatable bonds is 2. The van der Waals surface area contributed by atoms with Gasteiger partial charge in [-0.1, -0.05) is 18.2 Å². The van der Waals surface area contributed by atoms with E-state index >= 15 is 0 Å². The number of furan rings is 1. The van der Waals surface area contributed by atoms with Gasteiger partial charge in [-0.05, 0) is 56.2 Å². The van der Waals surface area contributed by atoms with Crippen LogP contribution in [0.1, 0.15) is 16.9 Å². The highest BCUT2D eigenvalue weighted by molar-refractivity contribution is 5.95. The number of carbonyl (C=O) groups is 1. The molecule has 3 aromatic rings. The minimum Gasteiger partial charge on any atom is -0.461 e. The third-order valence-corrected chi connectivity index (χ3v) is 3.57. The van der Waals surface area contributed by atoms with Gasteiger partial charge >= 0.3 is 6.09 Å². The van der Waals surface area contributed by atoms with Crippen LogP contribution in [0.4, 0.5) is 10.5 Å². The Morgan fingerprint density at radius 2 is 1.82 bits per heavy atom. The summed E-state index contributed by atoms with van der Waals surface area (Å²) in [6.07, 6.45) is -0.506. The van der Waals surface area contributed by atoms with E-state index in [0.29, 0.717) is 5.75 Å². The lowest BCUT2D eigenvalue weighted by Crippen LogP contribution is -2.17. The molecule has 1 aromatic heterocycles. The van der Waals surface area contributed by atoms with Gasteiger partial charge in [0.05, 0.1) is 0 Å². The standard InChI is InChI=1S/C18H17NO3/c1-11-9-16(13(3)15-10-12(2)21-17(11)15)19-18(20)22-14-7-5-4-6-8-14/h4-10H,1-3H3,(H,19,20). The largest absolute Gasteiger partial charge is 0.461 e. The van der Waals surface area contributed by atoms with Gasteiger partial charge in [-0.2, -0.15) is 0 Å². The average molecular weight is 295 g/mol. The van der Waals surface area contributed by atoms with E-state index in [9.17, 15) is 4.79 Å². The fraction of sp³-hybridized carbons (Fsp3) is 0.167. The van der Waals surface area contributed by atoms with Crippen molar-refractivity contribution >= 4 is 22.7 Å². The lowest BCUT2D eigenvalue weighted by atomic mass is 10.1. The zero-order chi connectivity index (χ0) is 15.7. The van der Waals surface area contributed by atoms with Crippen LogP contribution in [0, 0.1) is 20.8 Å². The Hall–Kier alpha value is -2.75. The molecule has 0 radical (unpaired) electrons. The van der Waals surface area contributed by atoms with Crippen molar-refractivity contribution in [2.75, 3.05) is 5.32 Å². The number of nitrogens with one attached hydrogen (secondary N) is 1. The molecule has 2 aromatic carbocycles. The number of hydrogen-bond acceptors (Lipinski definition) is 3. The highest BCUT2D eigenvalue weighted by Gasteiger charge is 2.13. The SMILES string of the molecule is Cc1cc2c(C)c(NC(=O)Oc3ccccc3)cc(C)c2o1.